The molecule has 1 heterocycles. The summed E-state index contributed by atoms with van der Waals surface area (Å²) in [6.45, 7) is 9.39. The molecule has 8 aromatic carbocycles. The molecule has 0 amide bonds. The minimum absolute atomic E-state index is 0.129. The molecule has 0 spiro atoms. The highest BCUT2D eigenvalue weighted by molar-refractivity contribution is 5.88. The molecule has 11 rings (SSSR count). The first-order chi connectivity index (χ1) is 29.7. The van der Waals surface area contributed by atoms with Gasteiger partial charge < -0.3 is 4.90 Å². The second-order valence-corrected chi connectivity index (χ2v) is 17.6. The molecule has 61 heavy (non-hydrogen) atoms. The van der Waals surface area contributed by atoms with E-state index in [0.717, 1.165) is 39.6 Å². The van der Waals surface area contributed by atoms with Crippen LogP contribution in [0.2, 0.25) is 0 Å². The number of anilines is 3. The quantitative estimate of drug-likeness (QED) is 0.160. The fourth-order valence-electron chi connectivity index (χ4n) is 9.98. The number of benzene rings is 8. The van der Waals surface area contributed by atoms with Crippen molar-refractivity contribution in [1.29, 1.82) is 0 Å². The van der Waals surface area contributed by atoms with E-state index in [0.29, 0.717) is 0 Å². The Morgan fingerprint density at radius 1 is 0.295 bits per heavy atom. The summed E-state index contributed by atoms with van der Waals surface area (Å²) in [5.41, 5.74) is 22.5. The van der Waals surface area contributed by atoms with Gasteiger partial charge in [0, 0.05) is 33.3 Å². The van der Waals surface area contributed by atoms with Gasteiger partial charge in [-0.1, -0.05) is 185 Å². The highest BCUT2D eigenvalue weighted by atomic mass is 15.1. The third-order valence-electron chi connectivity index (χ3n) is 13.3. The van der Waals surface area contributed by atoms with Gasteiger partial charge in [0.05, 0.1) is 17.1 Å². The lowest BCUT2D eigenvalue weighted by atomic mass is 9.81. The van der Waals surface area contributed by atoms with Crippen molar-refractivity contribution in [3.63, 3.8) is 0 Å². The minimum atomic E-state index is -0.129. The molecule has 0 radical (unpaired) electrons. The maximum atomic E-state index is 5.57. The number of pyridine rings is 1. The third-order valence-corrected chi connectivity index (χ3v) is 13.3. The Morgan fingerprint density at radius 3 is 1.07 bits per heavy atom. The van der Waals surface area contributed by atoms with Crippen LogP contribution in [0.3, 0.4) is 0 Å². The maximum Gasteiger partial charge on any atom is 0.0730 e. The average molecular weight is 783 g/mol. The number of nitrogens with zero attached hydrogens (tertiary/aromatic N) is 2. The van der Waals surface area contributed by atoms with Gasteiger partial charge in [-0.2, -0.15) is 0 Å². The van der Waals surface area contributed by atoms with E-state index in [-0.39, 0.29) is 10.8 Å². The van der Waals surface area contributed by atoms with Crippen LogP contribution in [0.5, 0.6) is 0 Å². The number of rotatable bonds is 7. The van der Waals surface area contributed by atoms with Gasteiger partial charge in [-0.3, -0.25) is 0 Å². The predicted molar refractivity (Wildman–Crippen MR) is 256 cm³/mol. The summed E-state index contributed by atoms with van der Waals surface area (Å²) in [7, 11) is 0. The van der Waals surface area contributed by atoms with Gasteiger partial charge in [-0.25, -0.2) is 4.98 Å². The number of aromatic nitrogens is 1. The Hall–Kier alpha value is -7.29. The molecule has 0 unspecified atom stereocenters. The van der Waals surface area contributed by atoms with Crippen molar-refractivity contribution in [2.24, 2.45) is 0 Å². The molecule has 0 bridgehead atoms. The molecule has 0 fully saturated rings. The van der Waals surface area contributed by atoms with E-state index in [1.54, 1.807) is 0 Å². The monoisotopic (exact) mass is 782 g/mol. The van der Waals surface area contributed by atoms with Crippen LogP contribution in [0.25, 0.3) is 67.0 Å². The third kappa shape index (κ3) is 6.13. The van der Waals surface area contributed by atoms with Crippen LogP contribution in [-0.4, -0.2) is 4.98 Å². The van der Waals surface area contributed by atoms with Crippen LogP contribution in [0.1, 0.15) is 49.9 Å². The minimum Gasteiger partial charge on any atom is -0.310 e. The molecule has 0 saturated carbocycles. The lowest BCUT2D eigenvalue weighted by Crippen LogP contribution is -2.15. The molecule has 0 N–H and O–H groups in total. The van der Waals surface area contributed by atoms with Crippen molar-refractivity contribution in [1.82, 2.24) is 4.98 Å². The van der Waals surface area contributed by atoms with Crippen molar-refractivity contribution in [2.45, 2.75) is 38.5 Å². The van der Waals surface area contributed by atoms with Crippen LogP contribution in [-0.2, 0) is 10.8 Å². The first-order valence-electron chi connectivity index (χ1n) is 21.4. The highest BCUT2D eigenvalue weighted by Crippen LogP contribution is 2.51. The zero-order chi connectivity index (χ0) is 41.3. The van der Waals surface area contributed by atoms with Crippen LogP contribution >= 0.6 is 0 Å². The van der Waals surface area contributed by atoms with E-state index in [1.807, 2.05) is 0 Å². The normalized spacial score (nSPS) is 13.8. The molecule has 0 aliphatic heterocycles. The molecule has 2 nitrogen and oxygen atoms in total. The van der Waals surface area contributed by atoms with Gasteiger partial charge >= 0.3 is 0 Å². The van der Waals surface area contributed by atoms with Gasteiger partial charge in [0.25, 0.3) is 0 Å². The SMILES string of the molecule is CC1(C)c2ccccc2-c2ccc(-c3cc(N(c4ccc(-c5ccccc5)cc4)c4ccc(-c5ccccc5)cc4)cc(-c4ccc5c(c4)C(C)(C)c4ccccc4-5)n3)cc21. The smallest absolute Gasteiger partial charge is 0.0730 e. The Bertz CT molecular complexity index is 2900. The topological polar surface area (TPSA) is 16.1 Å². The van der Waals surface area contributed by atoms with Crippen LogP contribution < -0.4 is 4.90 Å². The van der Waals surface area contributed by atoms with E-state index in [9.17, 15) is 0 Å². The molecule has 2 aliphatic carbocycles. The van der Waals surface area contributed by atoms with Gasteiger partial charge in [0.1, 0.15) is 0 Å². The summed E-state index contributed by atoms with van der Waals surface area (Å²) in [5.74, 6) is 0. The summed E-state index contributed by atoms with van der Waals surface area (Å²) < 4.78 is 0. The first-order valence-corrected chi connectivity index (χ1v) is 21.4. The molecular formula is C59H46N2. The molecule has 1 aromatic heterocycles. The van der Waals surface area contributed by atoms with Crippen molar-refractivity contribution >= 4 is 17.1 Å². The summed E-state index contributed by atoms with van der Waals surface area (Å²) in [5, 5.41) is 0. The van der Waals surface area contributed by atoms with E-state index in [1.165, 1.54) is 66.8 Å². The van der Waals surface area contributed by atoms with Gasteiger partial charge in [0.15, 0.2) is 0 Å². The van der Waals surface area contributed by atoms with Crippen LogP contribution in [0.15, 0.2) is 206 Å². The van der Waals surface area contributed by atoms with E-state index in [2.05, 4.69) is 239 Å². The second kappa shape index (κ2) is 14.2. The predicted octanol–water partition coefficient (Wildman–Crippen LogP) is 15.8. The fraction of sp³-hybridized carbons (Fsp3) is 0.102. The van der Waals surface area contributed by atoms with E-state index >= 15 is 0 Å². The number of hydrogen-bond donors (Lipinski definition) is 0. The molecule has 0 saturated heterocycles. The Labute approximate surface area is 359 Å². The highest BCUT2D eigenvalue weighted by Gasteiger charge is 2.37. The molecule has 0 atom stereocenters. The van der Waals surface area contributed by atoms with Gasteiger partial charge in [0.2, 0.25) is 0 Å². The number of fused-ring (bicyclic) bond motifs is 6. The standard InChI is InChI=1S/C59H46N2/c1-58(2)52-21-13-11-19-48(52)50-33-27-43(35-54(50)58)56-37-47(38-57(60-56)44-28-34-51-49-20-12-14-22-53(49)59(3,4)55(51)36-44)61(45-29-23-41(24-30-45)39-15-7-5-8-16-39)46-31-25-42(26-32-46)40-17-9-6-10-18-40/h5-38H,1-4H3. The zero-order valence-electron chi connectivity index (χ0n) is 35.0. The Balaban J connectivity index is 1.11. The molecule has 2 aliphatic rings. The van der Waals surface area contributed by atoms with Gasteiger partial charge in [-0.05, 0) is 115 Å². The lowest BCUT2D eigenvalue weighted by molar-refractivity contribution is 0.660. The van der Waals surface area contributed by atoms with Gasteiger partial charge in [-0.15, -0.1) is 0 Å². The molecule has 2 heteroatoms. The average Bonchev–Trinajstić information content (AvgIpc) is 3.69. The van der Waals surface area contributed by atoms with Crippen LogP contribution in [0, 0.1) is 0 Å². The summed E-state index contributed by atoms with van der Waals surface area (Å²) >= 11 is 0. The Morgan fingerprint density at radius 2 is 0.639 bits per heavy atom. The largest absolute Gasteiger partial charge is 0.310 e. The molecule has 292 valence electrons. The fourth-order valence-corrected chi connectivity index (χ4v) is 9.98. The summed E-state index contributed by atoms with van der Waals surface area (Å²) in [6.07, 6.45) is 0. The molecular weight excluding hydrogens is 737 g/mol. The summed E-state index contributed by atoms with van der Waals surface area (Å²) in [4.78, 5) is 7.96. The summed E-state index contributed by atoms with van der Waals surface area (Å²) in [6, 6.07) is 75.4. The molecule has 9 aromatic rings. The maximum absolute atomic E-state index is 5.57. The lowest BCUT2D eigenvalue weighted by Gasteiger charge is -2.27. The zero-order valence-corrected chi connectivity index (χ0v) is 35.0. The van der Waals surface area contributed by atoms with Crippen molar-refractivity contribution in [3.8, 4) is 67.0 Å². The van der Waals surface area contributed by atoms with Crippen molar-refractivity contribution in [3.05, 3.63) is 229 Å². The van der Waals surface area contributed by atoms with E-state index in [4.69, 9.17) is 4.98 Å². The van der Waals surface area contributed by atoms with Crippen molar-refractivity contribution < 1.29 is 0 Å². The second-order valence-electron chi connectivity index (χ2n) is 17.6. The van der Waals surface area contributed by atoms with Crippen LogP contribution in [0.4, 0.5) is 17.1 Å². The first kappa shape index (κ1) is 36.8. The number of hydrogen-bond acceptors (Lipinski definition) is 2. The van der Waals surface area contributed by atoms with E-state index < -0.39 is 0 Å². The Kier molecular flexibility index (Phi) is 8.54. The van der Waals surface area contributed by atoms with Crippen molar-refractivity contribution in [2.75, 3.05) is 4.90 Å².